The summed E-state index contributed by atoms with van der Waals surface area (Å²) in [5.74, 6) is -16.9. The fourth-order valence-electron chi connectivity index (χ4n) is 11.8. The first-order chi connectivity index (χ1) is 55.6. The van der Waals surface area contributed by atoms with Crippen molar-refractivity contribution in [3.63, 3.8) is 0 Å². The molecular formula is C73H112N24O19S2. The van der Waals surface area contributed by atoms with Gasteiger partial charge >= 0.3 is 5.97 Å². The van der Waals surface area contributed by atoms with Crippen LogP contribution in [0.3, 0.4) is 0 Å². The fourth-order valence-corrected chi connectivity index (χ4v) is 12.2. The Labute approximate surface area is 690 Å². The molecule has 15 atom stereocenters. The number of primary amides is 1. The van der Waals surface area contributed by atoms with Crippen molar-refractivity contribution in [3.05, 3.63) is 95.7 Å². The number of hydrogen-bond donors (Lipinski definition) is 31. The summed E-state index contributed by atoms with van der Waals surface area (Å²) in [4.78, 5) is 199. The summed E-state index contributed by atoms with van der Waals surface area (Å²) in [5.41, 5.74) is 42.1. The van der Waals surface area contributed by atoms with Crippen LogP contribution in [-0.2, 0) is 86.4 Å². The number of rotatable bonds is 51. The number of aliphatic hydroxyl groups excluding tert-OH is 2. The third-order valence-corrected chi connectivity index (χ3v) is 18.9. The summed E-state index contributed by atoms with van der Waals surface area (Å²) in [6.45, 7) is 4.24. The monoisotopic (exact) mass is 1690 g/mol. The molecule has 0 fully saturated rings. The van der Waals surface area contributed by atoms with E-state index in [1.807, 2.05) is 0 Å². The third kappa shape index (κ3) is 33.2. The van der Waals surface area contributed by atoms with Crippen LogP contribution in [-0.4, -0.2) is 259 Å². The van der Waals surface area contributed by atoms with Crippen molar-refractivity contribution in [1.29, 1.82) is 10.8 Å². The number of nitrogens with two attached hydrogens (primary N) is 7. The Bertz CT molecular complexity index is 4120. The van der Waals surface area contributed by atoms with Crippen LogP contribution in [0.5, 0.6) is 11.5 Å². The Hall–Kier alpha value is -11.6. The molecule has 3 aromatic carbocycles. The van der Waals surface area contributed by atoms with Gasteiger partial charge in [-0.1, -0.05) is 42.5 Å². The van der Waals surface area contributed by atoms with E-state index < -0.39 is 202 Å². The number of guanidine groups is 2. The van der Waals surface area contributed by atoms with Crippen molar-refractivity contribution in [2.75, 3.05) is 38.5 Å². The van der Waals surface area contributed by atoms with E-state index in [4.69, 9.17) is 51.0 Å². The largest absolute Gasteiger partial charge is 0.508 e. The number of amides is 13. The Kier molecular flexibility index (Phi) is 40.8. The molecule has 650 valence electrons. The van der Waals surface area contributed by atoms with Crippen LogP contribution >= 0.6 is 25.3 Å². The number of carbonyl (C=O) groups is 14. The number of aromatic hydroxyl groups is 2. The number of fused-ring (bicyclic) bond motifs is 1. The highest BCUT2D eigenvalue weighted by Gasteiger charge is 2.41. The number of aromatic nitrogens is 1. The second-order valence-corrected chi connectivity index (χ2v) is 29.9. The maximum atomic E-state index is 14.7. The number of carboxylic acid groups (broad SMARTS) is 1. The van der Waals surface area contributed by atoms with E-state index in [2.05, 4.69) is 105 Å². The number of benzene rings is 3. The van der Waals surface area contributed by atoms with Crippen molar-refractivity contribution in [1.82, 2.24) is 79.4 Å². The molecule has 0 aliphatic carbocycles. The van der Waals surface area contributed by atoms with Crippen molar-refractivity contribution in [3.8, 4) is 11.5 Å². The zero-order valence-corrected chi connectivity index (χ0v) is 67.4. The van der Waals surface area contributed by atoms with Crippen molar-refractivity contribution in [2.45, 2.75) is 194 Å². The van der Waals surface area contributed by atoms with E-state index in [0.29, 0.717) is 27.6 Å². The minimum Gasteiger partial charge on any atom is -0.508 e. The van der Waals surface area contributed by atoms with Gasteiger partial charge in [0.25, 0.3) is 0 Å². The maximum absolute atomic E-state index is 14.7. The standard InChI is InChI=1S/C73H112N24O19S2/c1-35(98)55(78)67(112)92-49(29-37-13-17-40(100)18-14-37)65(110)97-57(73(3,4)118)69(114)93-51(32-54(77)102)64(109)87-44(11-7-27-83-71(79)80)58(103)88-48(23-26-76)62(107)96-56(36(2)99)68(113)90-47(22-25-75)61(106)91-50(31-39-33-85-43-10-6-5-9-42(39)43)63(108)95-53(34-117)66(111)89-46(21-24-74)60(105)86-45(12-8-28-84-72(81)82)59(104)94-52(70(115)116)30-38-15-19-41(101)20-16-38/h5-6,9-10,13-20,33,35-36,44-53,55-57,85,98-101,117-118H,7-8,11-12,21-32,34,74-76,78H2,1-4H3,(H2,77,102)(H,86,105)(H,87,109)(H,88,103)(H,89,111)(H,90,113)(H,91,106)(H,92,112)(H,93,114)(H,94,104)(H,95,108)(H,96,107)(H,97,110)(H,115,116)(H4,79,80,83)(H4,81,82,84)/t35-,36-,44+,45+,46+,47-,48+,49+,50+,51+,52+,53+,55+,56+,57-/m1/s1. The van der Waals surface area contributed by atoms with Crippen LogP contribution < -0.4 is 115 Å². The lowest BCUT2D eigenvalue weighted by Crippen LogP contribution is -2.64. The number of phenols is 2. The van der Waals surface area contributed by atoms with E-state index in [0.717, 1.165) is 6.92 Å². The molecule has 1 heterocycles. The highest BCUT2D eigenvalue weighted by atomic mass is 32.1. The van der Waals surface area contributed by atoms with E-state index in [1.54, 1.807) is 30.5 Å². The number of carbonyl (C=O) groups excluding carboxylic acids is 13. The molecule has 0 saturated heterocycles. The van der Waals surface area contributed by atoms with Crippen LogP contribution in [0.25, 0.3) is 10.9 Å². The number of aromatic amines is 1. The van der Waals surface area contributed by atoms with Crippen molar-refractivity contribution >= 4 is 131 Å². The van der Waals surface area contributed by atoms with Gasteiger partial charge in [-0.2, -0.15) is 25.3 Å². The minimum absolute atomic E-state index is 0.0449. The summed E-state index contributed by atoms with van der Waals surface area (Å²) < 4.78 is -1.51. The molecule has 13 amide bonds. The molecule has 0 unspecified atom stereocenters. The normalized spacial score (nSPS) is 15.1. The Balaban J connectivity index is 1.59. The number of nitrogens with one attached hydrogen (secondary N) is 17. The second-order valence-electron chi connectivity index (χ2n) is 28.4. The average Bonchev–Trinajstić information content (AvgIpc) is 1.57. The molecule has 36 N–H and O–H groups in total. The first kappa shape index (κ1) is 98.7. The van der Waals surface area contributed by atoms with Crippen molar-refractivity contribution < 1.29 is 92.7 Å². The summed E-state index contributed by atoms with van der Waals surface area (Å²) in [5, 5.41) is 101. The van der Waals surface area contributed by atoms with Gasteiger partial charge < -0.3 is 145 Å². The number of H-pyrrole nitrogens is 1. The number of para-hydroxylation sites is 1. The molecule has 0 spiro atoms. The summed E-state index contributed by atoms with van der Waals surface area (Å²) in [6.07, 6.45) is -4.71. The number of aliphatic hydroxyl groups is 2. The lowest BCUT2D eigenvalue weighted by atomic mass is 9.99. The molecule has 0 radical (unpaired) electrons. The fraction of sp³-hybridized carbons (Fsp3) is 0.507. The molecule has 1 aromatic heterocycles. The summed E-state index contributed by atoms with van der Waals surface area (Å²) >= 11 is 8.85. The van der Waals surface area contributed by atoms with Gasteiger partial charge in [0.05, 0.1) is 18.6 Å². The van der Waals surface area contributed by atoms with Gasteiger partial charge in [-0.05, 0) is 139 Å². The number of carboxylic acids is 1. The number of hydrogen-bond acceptors (Lipinski definition) is 26. The molecule has 4 rings (SSSR count). The average molecular weight is 1690 g/mol. The zero-order valence-electron chi connectivity index (χ0n) is 65.6. The highest BCUT2D eigenvalue weighted by Crippen LogP contribution is 2.22. The molecule has 0 bridgehead atoms. The zero-order chi connectivity index (χ0) is 88.3. The highest BCUT2D eigenvalue weighted by molar-refractivity contribution is 7.81. The summed E-state index contributed by atoms with van der Waals surface area (Å²) in [6, 6.07) is -3.35. The number of thiol groups is 2. The first-order valence-electron chi connectivity index (χ1n) is 37.6. The van der Waals surface area contributed by atoms with Crippen LogP contribution in [0.15, 0.2) is 79.0 Å². The molecule has 0 aliphatic heterocycles. The van der Waals surface area contributed by atoms with Crippen LogP contribution in [0, 0.1) is 10.8 Å². The van der Waals surface area contributed by atoms with Crippen LogP contribution in [0.1, 0.15) is 95.8 Å². The SMILES string of the molecule is C[C@@H](O)[C@H](N)C(=O)N[C@@H](Cc1ccc(O)cc1)C(=O)N[C@H](C(=O)N[C@@H](CC(N)=O)C(=O)N[C@@H](CCCNC(=N)N)C(=O)N[C@@H](CCN)C(=O)N[C@H](C(=O)N[C@H](CCN)C(=O)N[C@@H](Cc1c[nH]c2ccccc12)C(=O)N[C@@H](CS)C(=O)N[C@@H](CCN)C(=O)N[C@@H](CCCNC(=N)N)C(=O)N[C@@H](Cc1ccc(O)cc1)C(=O)O)[C@@H](C)O)C(C)(C)S. The third-order valence-electron chi connectivity index (χ3n) is 18.2. The van der Waals surface area contributed by atoms with Crippen LogP contribution in [0.2, 0.25) is 0 Å². The minimum atomic E-state index is -1.95. The molecular weight excluding hydrogens is 1580 g/mol. The second kappa shape index (κ2) is 48.8. The maximum Gasteiger partial charge on any atom is 0.326 e. The molecule has 0 aliphatic rings. The Morgan fingerprint density at radius 3 is 1.25 bits per heavy atom. The summed E-state index contributed by atoms with van der Waals surface area (Å²) in [7, 11) is 0. The van der Waals surface area contributed by atoms with Gasteiger partial charge in [-0.15, -0.1) is 0 Å². The van der Waals surface area contributed by atoms with Gasteiger partial charge in [0, 0.05) is 60.0 Å². The lowest BCUT2D eigenvalue weighted by Gasteiger charge is -2.33. The molecule has 43 nitrogen and oxygen atoms in total. The van der Waals surface area contributed by atoms with Gasteiger partial charge in [0.2, 0.25) is 76.8 Å². The van der Waals surface area contributed by atoms with E-state index in [-0.39, 0.29) is 108 Å². The van der Waals surface area contributed by atoms with E-state index in [1.165, 1.54) is 69.3 Å². The van der Waals surface area contributed by atoms with Gasteiger partial charge in [-0.25, -0.2) is 4.79 Å². The van der Waals surface area contributed by atoms with Crippen molar-refractivity contribution in [2.24, 2.45) is 40.1 Å². The van der Waals surface area contributed by atoms with Gasteiger partial charge in [-0.3, -0.25) is 73.1 Å². The lowest BCUT2D eigenvalue weighted by molar-refractivity contribution is -0.142. The molecule has 45 heteroatoms. The molecule has 4 aromatic rings. The first-order valence-corrected chi connectivity index (χ1v) is 38.7. The molecule has 0 saturated carbocycles. The number of phenolic OH excluding ortho intramolecular Hbond substituents is 2. The van der Waals surface area contributed by atoms with E-state index >= 15 is 0 Å². The topological polar surface area (TPSA) is 754 Å². The van der Waals surface area contributed by atoms with Gasteiger partial charge in [0.1, 0.15) is 90.0 Å². The Morgan fingerprint density at radius 2 is 0.822 bits per heavy atom. The predicted molar refractivity (Wildman–Crippen MR) is 438 cm³/mol. The van der Waals surface area contributed by atoms with Crippen LogP contribution in [0.4, 0.5) is 0 Å². The van der Waals surface area contributed by atoms with Gasteiger partial charge in [0.15, 0.2) is 11.9 Å². The quantitative estimate of drug-likeness (QED) is 0.00845. The number of aliphatic carboxylic acids is 1. The smallest absolute Gasteiger partial charge is 0.326 e. The van der Waals surface area contributed by atoms with E-state index in [9.17, 15) is 92.7 Å². The Morgan fingerprint density at radius 1 is 0.458 bits per heavy atom. The predicted octanol–water partition coefficient (Wildman–Crippen LogP) is -8.32. The molecule has 118 heavy (non-hydrogen) atoms.